The summed E-state index contributed by atoms with van der Waals surface area (Å²) in [6, 6.07) is 126. The SMILES string of the molecule is c1ccc(C(c2ccc(-c3ccc(N(c4ccccc4)c4ccc(N(c5ccccc5)c5ccc(-c6cccc7c6oc6ccccc67)cc5)cc4)cc3)cc2)c2ccc(N(c3ccccc3)c3ccc(-c4cccc5c4oc4ccccc45)cc3)cc2)cc1. The highest BCUT2D eigenvalue weighted by Crippen LogP contribution is 2.44. The number of benzene rings is 14. The Kier molecular flexibility index (Phi) is 13.9. The second kappa shape index (κ2) is 23.4. The van der Waals surface area contributed by atoms with Gasteiger partial charge in [-0.3, -0.25) is 0 Å². The summed E-state index contributed by atoms with van der Waals surface area (Å²) in [6.45, 7) is 0. The van der Waals surface area contributed by atoms with Gasteiger partial charge in [0.05, 0.1) is 0 Å². The largest absolute Gasteiger partial charge is 0.455 e. The second-order valence-electron chi connectivity index (χ2n) is 22.8. The van der Waals surface area contributed by atoms with Crippen molar-refractivity contribution in [3.63, 3.8) is 0 Å². The van der Waals surface area contributed by atoms with Crippen LogP contribution in [-0.2, 0) is 0 Å². The average Bonchev–Trinajstić information content (AvgIpc) is 2.62. The van der Waals surface area contributed by atoms with Crippen molar-refractivity contribution in [1.29, 1.82) is 0 Å². The standard InChI is InChI=1S/C85H59N3O2/c1-5-19-63(20-6-1)83(65-45-53-72(54-46-65)86(66-21-7-2-8-22-66)70-49-41-61(42-50-70)75-29-17-31-79-77-27-13-15-33-81(77)89-84(75)79)64-37-35-59(36-38-64)60-39-47-69(48-40-60)87(67-23-9-3-10-24-67)73-55-57-74(58-56-73)88(68-25-11-4-12-26-68)71-51-43-62(44-52-71)76-30-18-32-80-78-28-14-16-34-82(78)90-85(76)80/h1-58,83H. The van der Waals surface area contributed by atoms with Crippen molar-refractivity contribution >= 4 is 95.1 Å². The molecule has 2 heterocycles. The van der Waals surface area contributed by atoms with Crippen molar-refractivity contribution in [3.8, 4) is 33.4 Å². The number of anilines is 9. The monoisotopic (exact) mass is 1150 g/mol. The van der Waals surface area contributed by atoms with Gasteiger partial charge in [-0.2, -0.15) is 0 Å². The molecule has 1 atom stereocenters. The first kappa shape index (κ1) is 53.5. The maximum atomic E-state index is 6.44. The van der Waals surface area contributed by atoms with Crippen LogP contribution in [0.15, 0.2) is 361 Å². The highest BCUT2D eigenvalue weighted by molar-refractivity contribution is 6.11. The first-order chi connectivity index (χ1) is 44.6. The molecule has 0 saturated heterocycles. The third-order valence-corrected chi connectivity index (χ3v) is 17.4. The van der Waals surface area contributed by atoms with E-state index in [4.69, 9.17) is 8.83 Å². The molecule has 2 aromatic heterocycles. The van der Waals surface area contributed by atoms with Gasteiger partial charge in [0.15, 0.2) is 0 Å². The van der Waals surface area contributed by atoms with Crippen molar-refractivity contribution in [1.82, 2.24) is 0 Å². The van der Waals surface area contributed by atoms with E-state index < -0.39 is 0 Å². The summed E-state index contributed by atoms with van der Waals surface area (Å²) in [4.78, 5) is 6.97. The van der Waals surface area contributed by atoms with Crippen LogP contribution >= 0.6 is 0 Å². The van der Waals surface area contributed by atoms with Crippen LogP contribution in [0, 0.1) is 0 Å². The Bertz CT molecular complexity index is 4800. The molecule has 5 heteroatoms. The van der Waals surface area contributed by atoms with Gasteiger partial charge in [0, 0.05) is 89.8 Å². The maximum Gasteiger partial charge on any atom is 0.143 e. The number of hydrogen-bond acceptors (Lipinski definition) is 5. The Balaban J connectivity index is 0.666. The van der Waals surface area contributed by atoms with Crippen LogP contribution in [0.1, 0.15) is 22.6 Å². The summed E-state index contributed by atoms with van der Waals surface area (Å²) >= 11 is 0. The number of fused-ring (bicyclic) bond motifs is 6. The zero-order valence-electron chi connectivity index (χ0n) is 49.2. The van der Waals surface area contributed by atoms with Crippen molar-refractivity contribution < 1.29 is 8.83 Å². The van der Waals surface area contributed by atoms with Crippen molar-refractivity contribution in [2.45, 2.75) is 5.92 Å². The summed E-state index contributed by atoms with van der Waals surface area (Å²) < 4.78 is 12.9. The van der Waals surface area contributed by atoms with Crippen LogP contribution in [-0.4, -0.2) is 0 Å². The van der Waals surface area contributed by atoms with Crippen LogP contribution < -0.4 is 14.7 Å². The normalized spacial score (nSPS) is 11.7. The second-order valence-corrected chi connectivity index (χ2v) is 22.8. The van der Waals surface area contributed by atoms with Gasteiger partial charge in [-0.1, -0.05) is 231 Å². The van der Waals surface area contributed by atoms with E-state index in [1.807, 2.05) is 24.3 Å². The van der Waals surface area contributed by atoms with E-state index in [1.54, 1.807) is 0 Å². The van der Waals surface area contributed by atoms with E-state index in [0.29, 0.717) is 0 Å². The smallest absolute Gasteiger partial charge is 0.143 e. The molecule has 0 bridgehead atoms. The first-order valence-electron chi connectivity index (χ1n) is 30.7. The Morgan fingerprint density at radius 1 is 0.189 bits per heavy atom. The zero-order chi connectivity index (χ0) is 59.7. The molecule has 0 aliphatic carbocycles. The summed E-state index contributed by atoms with van der Waals surface area (Å²) in [5.74, 6) is 0.0171. The third-order valence-electron chi connectivity index (χ3n) is 17.4. The molecule has 426 valence electrons. The predicted octanol–water partition coefficient (Wildman–Crippen LogP) is 24.1. The van der Waals surface area contributed by atoms with Crippen molar-refractivity contribution in [2.24, 2.45) is 0 Å². The molecule has 0 amide bonds. The van der Waals surface area contributed by atoms with Gasteiger partial charge in [-0.05, 0) is 160 Å². The Morgan fingerprint density at radius 2 is 0.444 bits per heavy atom. The van der Waals surface area contributed by atoms with Crippen LogP contribution in [0.5, 0.6) is 0 Å². The number of nitrogens with zero attached hydrogens (tertiary/aromatic N) is 3. The number of para-hydroxylation sites is 7. The van der Waals surface area contributed by atoms with Gasteiger partial charge in [-0.25, -0.2) is 0 Å². The lowest BCUT2D eigenvalue weighted by Crippen LogP contribution is -2.12. The minimum absolute atomic E-state index is 0.0171. The minimum atomic E-state index is 0.0171. The quantitative estimate of drug-likeness (QED) is 0.0956. The molecule has 0 N–H and O–H groups in total. The van der Waals surface area contributed by atoms with Crippen molar-refractivity contribution in [3.05, 3.63) is 369 Å². The lowest BCUT2D eigenvalue weighted by Gasteiger charge is -2.28. The molecule has 5 nitrogen and oxygen atoms in total. The van der Waals surface area contributed by atoms with E-state index in [2.05, 4.69) is 342 Å². The van der Waals surface area contributed by atoms with Gasteiger partial charge in [0.25, 0.3) is 0 Å². The van der Waals surface area contributed by atoms with E-state index in [-0.39, 0.29) is 5.92 Å². The fourth-order valence-electron chi connectivity index (χ4n) is 13.1. The van der Waals surface area contributed by atoms with E-state index >= 15 is 0 Å². The molecule has 0 spiro atoms. The summed E-state index contributed by atoms with van der Waals surface area (Å²) in [5.41, 5.74) is 23.6. The molecule has 90 heavy (non-hydrogen) atoms. The van der Waals surface area contributed by atoms with Gasteiger partial charge in [0.2, 0.25) is 0 Å². The van der Waals surface area contributed by atoms with E-state index in [9.17, 15) is 0 Å². The molecule has 14 aromatic carbocycles. The predicted molar refractivity (Wildman–Crippen MR) is 375 cm³/mol. The number of hydrogen-bond donors (Lipinski definition) is 0. The molecule has 16 rings (SSSR count). The van der Waals surface area contributed by atoms with Crippen LogP contribution in [0.25, 0.3) is 77.3 Å². The van der Waals surface area contributed by atoms with Crippen LogP contribution in [0.2, 0.25) is 0 Å². The zero-order valence-corrected chi connectivity index (χ0v) is 49.2. The highest BCUT2D eigenvalue weighted by Gasteiger charge is 2.22. The van der Waals surface area contributed by atoms with E-state index in [0.717, 1.165) is 128 Å². The van der Waals surface area contributed by atoms with Crippen LogP contribution in [0.3, 0.4) is 0 Å². The summed E-state index contributed by atoms with van der Waals surface area (Å²) in [7, 11) is 0. The molecule has 16 aromatic rings. The lowest BCUT2D eigenvalue weighted by molar-refractivity contribution is 0.669. The summed E-state index contributed by atoms with van der Waals surface area (Å²) in [6.07, 6.45) is 0. The Hall–Kier alpha value is -11.9. The average molecular weight is 1150 g/mol. The fraction of sp³-hybridized carbons (Fsp3) is 0.0118. The molecule has 1 unspecified atom stereocenters. The van der Waals surface area contributed by atoms with Gasteiger partial charge >= 0.3 is 0 Å². The molecule has 0 aliphatic heterocycles. The van der Waals surface area contributed by atoms with Gasteiger partial charge < -0.3 is 23.5 Å². The van der Waals surface area contributed by atoms with Crippen molar-refractivity contribution in [2.75, 3.05) is 14.7 Å². The maximum absolute atomic E-state index is 6.44. The molecule has 0 radical (unpaired) electrons. The third kappa shape index (κ3) is 10.1. The Morgan fingerprint density at radius 3 is 0.822 bits per heavy atom. The topological polar surface area (TPSA) is 36.0 Å². The number of furan rings is 2. The van der Waals surface area contributed by atoms with Gasteiger partial charge in [-0.15, -0.1) is 0 Å². The molecular formula is C85H59N3O2. The van der Waals surface area contributed by atoms with E-state index in [1.165, 1.54) is 16.7 Å². The number of rotatable bonds is 15. The minimum Gasteiger partial charge on any atom is -0.455 e. The first-order valence-corrected chi connectivity index (χ1v) is 30.7. The van der Waals surface area contributed by atoms with Gasteiger partial charge in [0.1, 0.15) is 22.3 Å². The fourth-order valence-corrected chi connectivity index (χ4v) is 13.1. The molecular weight excluding hydrogens is 1090 g/mol. The lowest BCUT2D eigenvalue weighted by atomic mass is 9.84. The molecule has 0 aliphatic rings. The highest BCUT2D eigenvalue weighted by atomic mass is 16.3. The molecule has 0 saturated carbocycles. The Labute approximate surface area is 523 Å². The molecule has 0 fully saturated rings. The summed E-state index contributed by atoms with van der Waals surface area (Å²) in [5, 5.41) is 4.51. The van der Waals surface area contributed by atoms with Crippen LogP contribution in [0.4, 0.5) is 51.2 Å².